The predicted octanol–water partition coefficient (Wildman–Crippen LogP) is 0.885. The summed E-state index contributed by atoms with van der Waals surface area (Å²) in [7, 11) is 0. The zero-order chi connectivity index (χ0) is 10.8. The molecule has 1 aliphatic heterocycles. The lowest BCUT2D eigenvalue weighted by atomic mass is 10.2. The first-order valence-electron chi connectivity index (χ1n) is 4.80. The molecule has 1 aromatic heterocycles. The quantitative estimate of drug-likeness (QED) is 0.759. The Bertz CT molecular complexity index is 389. The van der Waals surface area contributed by atoms with Crippen LogP contribution in [0.5, 0.6) is 0 Å². The van der Waals surface area contributed by atoms with Crippen LogP contribution in [-0.4, -0.2) is 31.3 Å². The van der Waals surface area contributed by atoms with Crippen molar-refractivity contribution in [1.82, 2.24) is 5.32 Å². The summed E-state index contributed by atoms with van der Waals surface area (Å²) in [4.78, 5) is 24.7. The molecule has 1 aromatic rings. The number of anilines is 1. The highest BCUT2D eigenvalue weighted by Gasteiger charge is 2.25. The highest BCUT2D eigenvalue weighted by atomic mass is 32.1. The van der Waals surface area contributed by atoms with Gasteiger partial charge in [-0.05, 0) is 13.0 Å². The zero-order valence-corrected chi connectivity index (χ0v) is 9.21. The van der Waals surface area contributed by atoms with Crippen molar-refractivity contribution in [1.29, 1.82) is 0 Å². The third kappa shape index (κ3) is 1.87. The molecule has 1 aliphatic rings. The lowest BCUT2D eigenvalue weighted by Gasteiger charge is -2.33. The van der Waals surface area contributed by atoms with Gasteiger partial charge >= 0.3 is 0 Å². The maximum Gasteiger partial charge on any atom is 0.242 e. The fourth-order valence-corrected chi connectivity index (χ4v) is 2.39. The Balaban J connectivity index is 2.21. The van der Waals surface area contributed by atoms with E-state index in [1.54, 1.807) is 0 Å². The number of amides is 1. The van der Waals surface area contributed by atoms with Gasteiger partial charge in [-0.15, -0.1) is 11.3 Å². The zero-order valence-electron chi connectivity index (χ0n) is 8.40. The SMILES string of the molecule is CC1C(=O)NCCN1c1csc(C=O)c1. The summed E-state index contributed by atoms with van der Waals surface area (Å²) in [5.74, 6) is 0.0418. The normalized spacial score (nSPS) is 21.3. The number of aldehydes is 1. The number of rotatable bonds is 2. The van der Waals surface area contributed by atoms with Gasteiger partial charge in [0.15, 0.2) is 6.29 Å². The average molecular weight is 224 g/mol. The number of carbonyl (C=O) groups is 2. The van der Waals surface area contributed by atoms with Crippen LogP contribution in [0.2, 0.25) is 0 Å². The first kappa shape index (κ1) is 10.2. The molecule has 15 heavy (non-hydrogen) atoms. The van der Waals surface area contributed by atoms with Crippen LogP contribution in [0.1, 0.15) is 16.6 Å². The molecule has 1 amide bonds. The van der Waals surface area contributed by atoms with Gasteiger partial charge in [-0.3, -0.25) is 9.59 Å². The lowest BCUT2D eigenvalue weighted by Crippen LogP contribution is -2.53. The van der Waals surface area contributed by atoms with Crippen LogP contribution >= 0.6 is 11.3 Å². The van der Waals surface area contributed by atoms with Crippen molar-refractivity contribution < 1.29 is 9.59 Å². The van der Waals surface area contributed by atoms with Crippen molar-refractivity contribution in [2.45, 2.75) is 13.0 Å². The van der Waals surface area contributed by atoms with Gasteiger partial charge in [0.2, 0.25) is 5.91 Å². The molecule has 0 aliphatic carbocycles. The maximum atomic E-state index is 11.4. The molecule has 4 nitrogen and oxygen atoms in total. The van der Waals surface area contributed by atoms with Crippen molar-refractivity contribution >= 4 is 29.2 Å². The first-order valence-corrected chi connectivity index (χ1v) is 5.68. The molecule has 0 radical (unpaired) electrons. The fraction of sp³-hybridized carbons (Fsp3) is 0.400. The van der Waals surface area contributed by atoms with E-state index in [0.717, 1.165) is 18.5 Å². The summed E-state index contributed by atoms with van der Waals surface area (Å²) >= 11 is 1.41. The Labute approximate surface area is 91.9 Å². The molecule has 1 unspecified atom stereocenters. The van der Waals surface area contributed by atoms with Crippen LogP contribution in [0.4, 0.5) is 5.69 Å². The van der Waals surface area contributed by atoms with Crippen LogP contribution in [-0.2, 0) is 4.79 Å². The molecule has 1 fully saturated rings. The van der Waals surface area contributed by atoms with Crippen LogP contribution in [0.3, 0.4) is 0 Å². The second kappa shape index (κ2) is 4.02. The van der Waals surface area contributed by atoms with Gasteiger partial charge in [-0.2, -0.15) is 0 Å². The average Bonchev–Trinajstić information content (AvgIpc) is 2.70. The number of nitrogens with one attached hydrogen (secondary N) is 1. The van der Waals surface area contributed by atoms with Crippen LogP contribution < -0.4 is 10.2 Å². The van der Waals surface area contributed by atoms with Crippen LogP contribution in [0, 0.1) is 0 Å². The minimum Gasteiger partial charge on any atom is -0.357 e. The number of thiophene rings is 1. The molecule has 0 spiro atoms. The molecule has 2 rings (SSSR count). The molecule has 5 heteroatoms. The Kier molecular flexibility index (Phi) is 2.73. The summed E-state index contributed by atoms with van der Waals surface area (Å²) in [6.45, 7) is 3.32. The number of nitrogens with zero attached hydrogens (tertiary/aromatic N) is 1. The van der Waals surface area contributed by atoms with Gasteiger partial charge in [0.25, 0.3) is 0 Å². The summed E-state index contributed by atoms with van der Waals surface area (Å²) in [6, 6.07) is 1.67. The van der Waals surface area contributed by atoms with Crippen LogP contribution in [0.15, 0.2) is 11.4 Å². The van der Waals surface area contributed by atoms with E-state index < -0.39 is 0 Å². The molecule has 0 bridgehead atoms. The van der Waals surface area contributed by atoms with Gasteiger partial charge < -0.3 is 10.2 Å². The number of carbonyl (C=O) groups excluding carboxylic acids is 2. The summed E-state index contributed by atoms with van der Waals surface area (Å²) in [5, 5.41) is 4.72. The van der Waals surface area contributed by atoms with Crippen molar-refractivity contribution in [3.8, 4) is 0 Å². The standard InChI is InChI=1S/C10H12N2O2S/c1-7-10(14)11-2-3-12(7)8-4-9(5-13)15-6-8/h4-7H,2-3H2,1H3,(H,11,14). The molecular formula is C10H12N2O2S. The number of hydrogen-bond donors (Lipinski definition) is 1. The van der Waals surface area contributed by atoms with E-state index in [-0.39, 0.29) is 11.9 Å². The van der Waals surface area contributed by atoms with Crippen molar-refractivity contribution in [3.05, 3.63) is 16.3 Å². The fourth-order valence-electron chi connectivity index (χ4n) is 1.69. The molecule has 80 valence electrons. The molecule has 1 N–H and O–H groups in total. The molecular weight excluding hydrogens is 212 g/mol. The minimum atomic E-state index is -0.159. The second-order valence-corrected chi connectivity index (χ2v) is 4.43. The number of piperazine rings is 1. The molecule has 1 saturated heterocycles. The van der Waals surface area contributed by atoms with E-state index >= 15 is 0 Å². The lowest BCUT2D eigenvalue weighted by molar-refractivity contribution is -0.122. The molecule has 2 heterocycles. The number of hydrogen-bond acceptors (Lipinski definition) is 4. The molecule has 1 atom stereocenters. The van der Waals surface area contributed by atoms with E-state index in [1.165, 1.54) is 11.3 Å². The van der Waals surface area contributed by atoms with E-state index in [2.05, 4.69) is 5.32 Å². The van der Waals surface area contributed by atoms with E-state index in [4.69, 9.17) is 0 Å². The summed E-state index contributed by atoms with van der Waals surface area (Å²) in [6.07, 6.45) is 0.836. The summed E-state index contributed by atoms with van der Waals surface area (Å²) in [5.41, 5.74) is 0.962. The smallest absolute Gasteiger partial charge is 0.242 e. The summed E-state index contributed by atoms with van der Waals surface area (Å²) < 4.78 is 0. The van der Waals surface area contributed by atoms with Crippen molar-refractivity contribution in [2.75, 3.05) is 18.0 Å². The van der Waals surface area contributed by atoms with E-state index in [0.29, 0.717) is 11.4 Å². The Morgan fingerprint density at radius 3 is 3.13 bits per heavy atom. The predicted molar refractivity (Wildman–Crippen MR) is 59.5 cm³/mol. The first-order chi connectivity index (χ1) is 7.22. The Morgan fingerprint density at radius 2 is 2.47 bits per heavy atom. The van der Waals surface area contributed by atoms with Crippen molar-refractivity contribution in [2.24, 2.45) is 0 Å². The Morgan fingerprint density at radius 1 is 1.67 bits per heavy atom. The van der Waals surface area contributed by atoms with Gasteiger partial charge in [-0.1, -0.05) is 0 Å². The van der Waals surface area contributed by atoms with E-state index in [1.807, 2.05) is 23.3 Å². The highest BCUT2D eigenvalue weighted by Crippen LogP contribution is 2.24. The topological polar surface area (TPSA) is 49.4 Å². The van der Waals surface area contributed by atoms with Gasteiger partial charge in [0.1, 0.15) is 6.04 Å². The van der Waals surface area contributed by atoms with Gasteiger partial charge in [-0.25, -0.2) is 0 Å². The molecule has 0 aromatic carbocycles. The van der Waals surface area contributed by atoms with Crippen LogP contribution in [0.25, 0.3) is 0 Å². The minimum absolute atomic E-state index is 0.0418. The highest BCUT2D eigenvalue weighted by molar-refractivity contribution is 7.12. The van der Waals surface area contributed by atoms with Gasteiger partial charge in [0.05, 0.1) is 4.88 Å². The third-order valence-corrected chi connectivity index (χ3v) is 3.40. The van der Waals surface area contributed by atoms with Crippen molar-refractivity contribution in [3.63, 3.8) is 0 Å². The maximum absolute atomic E-state index is 11.4. The van der Waals surface area contributed by atoms with Gasteiger partial charge in [0, 0.05) is 24.2 Å². The molecule has 0 saturated carbocycles. The monoisotopic (exact) mass is 224 g/mol. The second-order valence-electron chi connectivity index (χ2n) is 3.49. The largest absolute Gasteiger partial charge is 0.357 e. The third-order valence-electron chi connectivity index (χ3n) is 2.55. The Hall–Kier alpha value is -1.36. The van der Waals surface area contributed by atoms with E-state index in [9.17, 15) is 9.59 Å².